The van der Waals surface area contributed by atoms with Gasteiger partial charge < -0.3 is 5.32 Å². The van der Waals surface area contributed by atoms with Crippen molar-refractivity contribution in [1.82, 2.24) is 5.32 Å². The van der Waals surface area contributed by atoms with E-state index in [1.165, 1.54) is 30.0 Å². The first-order valence-corrected chi connectivity index (χ1v) is 8.68. The second-order valence-electron chi connectivity index (χ2n) is 6.59. The molecule has 1 amide bonds. The molecule has 0 unspecified atom stereocenters. The number of carbonyl (C=O) groups is 1. The molecule has 1 aliphatic rings. The third kappa shape index (κ3) is 4.05. The van der Waals surface area contributed by atoms with Crippen LogP contribution in [-0.4, -0.2) is 10.8 Å². The van der Waals surface area contributed by atoms with E-state index < -0.39 is 4.92 Å². The van der Waals surface area contributed by atoms with Crippen molar-refractivity contribution in [2.24, 2.45) is 0 Å². The summed E-state index contributed by atoms with van der Waals surface area (Å²) < 4.78 is 0. The number of nitrogens with zero attached hydrogens (tertiary/aromatic N) is 1. The number of nitro groups is 1. The Morgan fingerprint density at radius 2 is 1.88 bits per heavy atom. The van der Waals surface area contributed by atoms with Gasteiger partial charge in [-0.15, -0.1) is 0 Å². The van der Waals surface area contributed by atoms with Gasteiger partial charge in [-0.2, -0.15) is 0 Å². The van der Waals surface area contributed by atoms with Crippen LogP contribution in [0, 0.1) is 10.1 Å². The van der Waals surface area contributed by atoms with E-state index in [0.717, 1.165) is 18.4 Å². The fraction of sp³-hybridized carbons (Fsp3) is 0.350. The number of fused-ring (bicyclic) bond motifs is 1. The largest absolute Gasteiger partial charge is 0.349 e. The first-order valence-electron chi connectivity index (χ1n) is 8.68. The summed E-state index contributed by atoms with van der Waals surface area (Å²) in [5.41, 5.74) is 4.29. The number of nitro benzene ring substituents is 1. The predicted molar refractivity (Wildman–Crippen MR) is 96.4 cm³/mol. The lowest BCUT2D eigenvalue weighted by atomic mass is 9.89. The molecule has 3 rings (SSSR count). The average molecular weight is 338 g/mol. The van der Waals surface area contributed by atoms with E-state index in [2.05, 4.69) is 23.5 Å². The number of hydrogen-bond acceptors (Lipinski definition) is 3. The van der Waals surface area contributed by atoms with E-state index in [9.17, 15) is 14.9 Å². The Bertz CT molecular complexity index is 801. The minimum absolute atomic E-state index is 0.00638. The third-order valence-corrected chi connectivity index (χ3v) is 4.79. The van der Waals surface area contributed by atoms with Crippen molar-refractivity contribution in [2.45, 2.75) is 45.1 Å². The Kier molecular flexibility index (Phi) is 5.12. The molecule has 1 aliphatic carbocycles. The van der Waals surface area contributed by atoms with Gasteiger partial charge in [0, 0.05) is 11.6 Å². The second-order valence-corrected chi connectivity index (χ2v) is 6.59. The van der Waals surface area contributed by atoms with Gasteiger partial charge in [-0.05, 0) is 49.3 Å². The lowest BCUT2D eigenvalue weighted by molar-refractivity contribution is -0.385. The molecule has 25 heavy (non-hydrogen) atoms. The number of nitrogens with one attached hydrogen (secondary N) is 1. The molecular formula is C20H22N2O3. The van der Waals surface area contributed by atoms with Crippen molar-refractivity contribution in [3.05, 3.63) is 74.8 Å². The van der Waals surface area contributed by atoms with Gasteiger partial charge in [0.1, 0.15) is 0 Å². The van der Waals surface area contributed by atoms with Crippen molar-refractivity contribution < 1.29 is 9.72 Å². The van der Waals surface area contributed by atoms with Crippen molar-refractivity contribution in [3.8, 4) is 0 Å². The van der Waals surface area contributed by atoms with Gasteiger partial charge in [-0.25, -0.2) is 0 Å². The van der Waals surface area contributed by atoms with Gasteiger partial charge in [-0.1, -0.05) is 36.4 Å². The Balaban J connectivity index is 1.68. The number of hydrogen-bond donors (Lipinski definition) is 1. The molecule has 1 atom stereocenters. The molecule has 2 aromatic rings. The summed E-state index contributed by atoms with van der Waals surface area (Å²) >= 11 is 0. The van der Waals surface area contributed by atoms with Crippen molar-refractivity contribution in [2.75, 3.05) is 0 Å². The number of amides is 1. The minimum Gasteiger partial charge on any atom is -0.349 e. The zero-order chi connectivity index (χ0) is 17.8. The summed E-state index contributed by atoms with van der Waals surface area (Å²) in [6.45, 7) is 1.95. The minimum atomic E-state index is -0.449. The van der Waals surface area contributed by atoms with E-state index >= 15 is 0 Å². The van der Waals surface area contributed by atoms with Crippen molar-refractivity contribution in [3.63, 3.8) is 0 Å². The van der Waals surface area contributed by atoms with Crippen LogP contribution in [0.5, 0.6) is 0 Å². The number of benzene rings is 2. The maximum absolute atomic E-state index is 12.3. The van der Waals surface area contributed by atoms with E-state index in [-0.39, 0.29) is 24.1 Å². The highest BCUT2D eigenvalue weighted by Crippen LogP contribution is 2.25. The van der Waals surface area contributed by atoms with E-state index in [1.807, 2.05) is 6.92 Å². The quantitative estimate of drug-likeness (QED) is 0.664. The molecule has 0 saturated carbocycles. The molecule has 0 bridgehead atoms. The van der Waals surface area contributed by atoms with Crippen molar-refractivity contribution in [1.29, 1.82) is 0 Å². The summed E-state index contributed by atoms with van der Waals surface area (Å²) in [4.78, 5) is 22.9. The third-order valence-electron chi connectivity index (χ3n) is 4.79. The van der Waals surface area contributed by atoms with Crippen LogP contribution in [0.2, 0.25) is 0 Å². The fourth-order valence-corrected chi connectivity index (χ4v) is 3.41. The number of rotatable bonds is 5. The SMILES string of the molecule is C[C@H](NC(=O)Cc1ccccc1[N+](=O)[O-])c1ccc2c(c1)CCCC2. The average Bonchev–Trinajstić information content (AvgIpc) is 2.61. The van der Waals surface area contributed by atoms with Crippen molar-refractivity contribution >= 4 is 11.6 Å². The maximum Gasteiger partial charge on any atom is 0.273 e. The Morgan fingerprint density at radius 1 is 1.16 bits per heavy atom. The van der Waals surface area contributed by atoms with Gasteiger partial charge in [-0.3, -0.25) is 14.9 Å². The zero-order valence-corrected chi connectivity index (χ0v) is 14.3. The lowest BCUT2D eigenvalue weighted by Crippen LogP contribution is -2.28. The van der Waals surface area contributed by atoms with Crippen LogP contribution < -0.4 is 5.32 Å². The van der Waals surface area contributed by atoms with Gasteiger partial charge in [0.25, 0.3) is 5.69 Å². The van der Waals surface area contributed by atoms with E-state index in [4.69, 9.17) is 0 Å². The van der Waals surface area contributed by atoms with Gasteiger partial charge in [0.05, 0.1) is 17.4 Å². The topological polar surface area (TPSA) is 72.2 Å². The molecule has 5 nitrogen and oxygen atoms in total. The molecule has 2 aromatic carbocycles. The molecule has 0 aliphatic heterocycles. The molecule has 0 radical (unpaired) electrons. The van der Waals surface area contributed by atoms with Crippen LogP contribution >= 0.6 is 0 Å². The zero-order valence-electron chi connectivity index (χ0n) is 14.3. The Labute approximate surface area is 147 Å². The summed E-state index contributed by atoms with van der Waals surface area (Å²) in [5.74, 6) is -0.209. The summed E-state index contributed by atoms with van der Waals surface area (Å²) in [6, 6.07) is 12.7. The van der Waals surface area contributed by atoms with Crippen LogP contribution in [0.25, 0.3) is 0 Å². The summed E-state index contributed by atoms with van der Waals surface area (Å²) in [5, 5.41) is 14.0. The summed E-state index contributed by atoms with van der Waals surface area (Å²) in [6.07, 6.45) is 4.70. The number of aryl methyl sites for hydroxylation is 2. The molecule has 5 heteroatoms. The first kappa shape index (κ1) is 17.1. The van der Waals surface area contributed by atoms with E-state index in [1.54, 1.807) is 18.2 Å². The predicted octanol–water partition coefficient (Wildman–Crippen LogP) is 3.89. The monoisotopic (exact) mass is 338 g/mol. The number of carbonyl (C=O) groups excluding carboxylic acids is 1. The standard InChI is InChI=1S/C20H22N2O3/c1-14(16-11-10-15-6-2-3-7-17(15)12-16)21-20(23)13-18-8-4-5-9-19(18)22(24)25/h4-5,8-12,14H,2-3,6-7,13H2,1H3,(H,21,23)/t14-/m0/s1. The van der Waals surface area contributed by atoms with Crippen LogP contribution in [0.3, 0.4) is 0 Å². The van der Waals surface area contributed by atoms with Crippen LogP contribution in [0.4, 0.5) is 5.69 Å². The molecular weight excluding hydrogens is 316 g/mol. The van der Waals surface area contributed by atoms with Crippen LogP contribution in [-0.2, 0) is 24.1 Å². The van der Waals surface area contributed by atoms with Gasteiger partial charge in [0.2, 0.25) is 5.91 Å². The Morgan fingerprint density at radius 3 is 2.64 bits per heavy atom. The fourth-order valence-electron chi connectivity index (χ4n) is 3.41. The molecule has 1 N–H and O–H groups in total. The molecule has 0 saturated heterocycles. The highest BCUT2D eigenvalue weighted by Gasteiger charge is 2.18. The van der Waals surface area contributed by atoms with Crippen LogP contribution in [0.1, 0.15) is 48.1 Å². The summed E-state index contributed by atoms with van der Waals surface area (Å²) in [7, 11) is 0. The molecule has 130 valence electrons. The molecule has 0 aromatic heterocycles. The smallest absolute Gasteiger partial charge is 0.273 e. The van der Waals surface area contributed by atoms with Gasteiger partial charge >= 0.3 is 0 Å². The molecule has 0 heterocycles. The highest BCUT2D eigenvalue weighted by molar-refractivity contribution is 5.80. The second kappa shape index (κ2) is 7.47. The lowest BCUT2D eigenvalue weighted by Gasteiger charge is -2.20. The molecule has 0 spiro atoms. The van der Waals surface area contributed by atoms with E-state index in [0.29, 0.717) is 5.56 Å². The molecule has 0 fully saturated rings. The number of para-hydroxylation sites is 1. The maximum atomic E-state index is 12.3. The highest BCUT2D eigenvalue weighted by atomic mass is 16.6. The normalized spacial score (nSPS) is 14.4. The van der Waals surface area contributed by atoms with Gasteiger partial charge in [0.15, 0.2) is 0 Å². The van der Waals surface area contributed by atoms with Crippen LogP contribution in [0.15, 0.2) is 42.5 Å². The first-order chi connectivity index (χ1) is 12.0. The Hall–Kier alpha value is -2.69.